The SMILES string of the molecule is Cc1ccc2c(c1)c1ccccc1c1cc3c(cc21)C1(c2ccccc2-c2ccccc21)c1ccccc1-3.c1ccc(N(c2ccc3ccccc3c2)c2ccc3c(c2)c2ccccc2c2cc4c(cc32)C2(c3ccccc3-c3ccccc32)c2ccccc2-4)cc1.c1ccc(Nc2ccc3ccccc3c2)cc1. The van der Waals surface area contributed by atoms with Gasteiger partial charge < -0.3 is 10.2 Å². The van der Waals surface area contributed by atoms with Crippen molar-refractivity contribution in [3.8, 4) is 44.5 Å². The molecule has 2 heteroatoms. The Hall–Kier alpha value is -13.9. The largest absolute Gasteiger partial charge is 0.356 e. The minimum atomic E-state index is -0.384. The Morgan fingerprint density at radius 3 is 0.972 bits per heavy atom. The van der Waals surface area contributed by atoms with Crippen molar-refractivity contribution in [2.75, 3.05) is 10.2 Å². The lowest BCUT2D eigenvalue weighted by molar-refractivity contribution is 0.795. The maximum atomic E-state index is 3.40. The van der Waals surface area contributed by atoms with E-state index in [1.807, 2.05) is 18.2 Å². The van der Waals surface area contributed by atoms with Gasteiger partial charge in [0.05, 0.1) is 10.8 Å². The van der Waals surface area contributed by atoms with E-state index in [0.29, 0.717) is 0 Å². The van der Waals surface area contributed by atoms with E-state index >= 15 is 0 Å². The molecule has 0 atom stereocenters. The van der Waals surface area contributed by atoms with Crippen molar-refractivity contribution < 1.29 is 0 Å². The lowest BCUT2D eigenvalue weighted by Gasteiger charge is -2.30. The standard InChI is InChI=1S/C53H33N.C38H24.C16H13N/c1-2-16-36(17-3-1)54(37-27-26-34-14-4-5-15-35(34)30-37)38-28-29-41-45(31-38)39-18-6-7-19-40(39)46-32-48-44-22-10-13-25-51(44)53(52(48)33-47(41)46)49-23-11-8-20-42(49)43-21-9-12-24-50(43)53;1-23-18-19-26-30(20-23)24-10-2-3-11-25(24)31-21-33-29-14-6-9-17-36(29)38(37(33)22-32(26)31)34-15-7-4-12-27(34)28-13-5-8-16-35(28)38;1-2-8-15(9-3-1)17-16-11-10-13-6-4-5-7-14(13)12-16/h1-33H;2-22H,1H3;1-12,17H. The van der Waals surface area contributed by atoms with E-state index in [1.165, 1.54) is 181 Å². The summed E-state index contributed by atoms with van der Waals surface area (Å²) in [5, 5.41) is 24.1. The molecule has 2 spiro atoms. The molecular formula is C107H70N2. The molecule has 20 aromatic carbocycles. The maximum Gasteiger partial charge on any atom is 0.0725 e. The zero-order valence-corrected chi connectivity index (χ0v) is 60.1. The highest BCUT2D eigenvalue weighted by Gasteiger charge is 2.53. The van der Waals surface area contributed by atoms with Crippen LogP contribution in [0.25, 0.3) is 131 Å². The number of anilines is 5. The van der Waals surface area contributed by atoms with Crippen molar-refractivity contribution in [3.05, 3.63) is 450 Å². The molecule has 0 bridgehead atoms. The fourth-order valence-corrected chi connectivity index (χ4v) is 19.6. The molecule has 4 aliphatic carbocycles. The van der Waals surface area contributed by atoms with Crippen LogP contribution in [0.2, 0.25) is 0 Å². The molecule has 0 amide bonds. The molecule has 0 heterocycles. The van der Waals surface area contributed by atoms with Gasteiger partial charge in [-0.1, -0.05) is 321 Å². The van der Waals surface area contributed by atoms with E-state index in [9.17, 15) is 0 Å². The summed E-state index contributed by atoms with van der Waals surface area (Å²) >= 11 is 0. The Morgan fingerprint density at radius 1 is 0.183 bits per heavy atom. The topological polar surface area (TPSA) is 15.3 Å². The summed E-state index contributed by atoms with van der Waals surface area (Å²) in [4.78, 5) is 2.39. The monoisotopic (exact) mass is 1380 g/mol. The van der Waals surface area contributed by atoms with Crippen molar-refractivity contribution in [3.63, 3.8) is 0 Å². The Kier molecular flexibility index (Phi) is 14.1. The molecule has 4 aliphatic rings. The summed E-state index contributed by atoms with van der Waals surface area (Å²) < 4.78 is 0. The summed E-state index contributed by atoms with van der Waals surface area (Å²) in [6, 6.07) is 148. The number of hydrogen-bond donors (Lipinski definition) is 1. The highest BCUT2D eigenvalue weighted by Crippen LogP contribution is 2.66. The summed E-state index contributed by atoms with van der Waals surface area (Å²) in [6.45, 7) is 2.19. The minimum absolute atomic E-state index is 0.310. The van der Waals surface area contributed by atoms with Crippen LogP contribution in [-0.2, 0) is 10.8 Å². The molecule has 2 nitrogen and oxygen atoms in total. The second kappa shape index (κ2) is 24.6. The van der Waals surface area contributed by atoms with Gasteiger partial charge in [0.25, 0.3) is 0 Å². The van der Waals surface area contributed by atoms with Crippen LogP contribution in [0.1, 0.15) is 50.1 Å². The first kappa shape index (κ1) is 62.5. The quantitative estimate of drug-likeness (QED) is 0.173. The molecule has 0 fully saturated rings. The molecule has 0 aromatic heterocycles. The normalized spacial score (nSPS) is 13.1. The van der Waals surface area contributed by atoms with Gasteiger partial charge in [0.2, 0.25) is 0 Å². The van der Waals surface area contributed by atoms with Gasteiger partial charge >= 0.3 is 0 Å². The molecule has 508 valence electrons. The average Bonchev–Trinajstić information content (AvgIpc) is 1.52. The number of rotatable bonds is 5. The number of fused-ring (bicyclic) bond motifs is 34. The Balaban J connectivity index is 0.000000115. The highest BCUT2D eigenvalue weighted by molar-refractivity contribution is 6.28. The Morgan fingerprint density at radius 2 is 0.505 bits per heavy atom. The van der Waals surface area contributed by atoms with Crippen molar-refractivity contribution >= 4 is 115 Å². The van der Waals surface area contributed by atoms with Crippen molar-refractivity contribution in [1.29, 1.82) is 0 Å². The van der Waals surface area contributed by atoms with Crippen molar-refractivity contribution in [2.45, 2.75) is 17.8 Å². The number of benzene rings is 20. The van der Waals surface area contributed by atoms with Crippen molar-refractivity contribution in [1.82, 2.24) is 0 Å². The molecular weight excluding hydrogens is 1310 g/mol. The predicted octanol–water partition coefficient (Wildman–Crippen LogP) is 28.5. The van der Waals surface area contributed by atoms with Gasteiger partial charge in [0.15, 0.2) is 0 Å². The van der Waals surface area contributed by atoms with Crippen LogP contribution in [0.5, 0.6) is 0 Å². The van der Waals surface area contributed by atoms with Crippen LogP contribution >= 0.6 is 0 Å². The smallest absolute Gasteiger partial charge is 0.0725 e. The minimum Gasteiger partial charge on any atom is -0.356 e. The first-order chi connectivity index (χ1) is 54.0. The van der Waals surface area contributed by atoms with Gasteiger partial charge in [-0.05, 0) is 267 Å². The van der Waals surface area contributed by atoms with Gasteiger partial charge in [-0.2, -0.15) is 0 Å². The zero-order chi connectivity index (χ0) is 71.9. The van der Waals surface area contributed by atoms with E-state index in [4.69, 9.17) is 0 Å². The van der Waals surface area contributed by atoms with Gasteiger partial charge in [-0.3, -0.25) is 0 Å². The number of aryl methyl sites for hydroxylation is 1. The van der Waals surface area contributed by atoms with Crippen LogP contribution in [0.15, 0.2) is 400 Å². The number of para-hydroxylation sites is 2. The van der Waals surface area contributed by atoms with Crippen LogP contribution < -0.4 is 10.2 Å². The summed E-state index contributed by atoms with van der Waals surface area (Å²) in [6.07, 6.45) is 0. The molecule has 0 unspecified atom stereocenters. The van der Waals surface area contributed by atoms with Crippen LogP contribution in [-0.4, -0.2) is 0 Å². The van der Waals surface area contributed by atoms with Crippen LogP contribution in [0.4, 0.5) is 28.4 Å². The van der Waals surface area contributed by atoms with Gasteiger partial charge in [-0.25, -0.2) is 0 Å². The first-order valence-corrected chi connectivity index (χ1v) is 38.0. The third-order valence-corrected chi connectivity index (χ3v) is 24.1. The Labute approximate surface area is 633 Å². The molecule has 1 N–H and O–H groups in total. The van der Waals surface area contributed by atoms with Crippen LogP contribution in [0.3, 0.4) is 0 Å². The van der Waals surface area contributed by atoms with E-state index in [-0.39, 0.29) is 10.8 Å². The molecule has 0 radical (unpaired) electrons. The summed E-state index contributed by atoms with van der Waals surface area (Å²) in [5.74, 6) is 0. The lowest BCUT2D eigenvalue weighted by atomic mass is 9.70. The average molecular weight is 1380 g/mol. The molecule has 109 heavy (non-hydrogen) atoms. The third kappa shape index (κ3) is 9.35. The van der Waals surface area contributed by atoms with Gasteiger partial charge in [0, 0.05) is 28.4 Å². The van der Waals surface area contributed by atoms with Gasteiger partial charge in [-0.15, -0.1) is 0 Å². The van der Waals surface area contributed by atoms with E-state index in [2.05, 4.69) is 399 Å². The number of hydrogen-bond acceptors (Lipinski definition) is 2. The molecule has 0 saturated heterocycles. The number of nitrogens with one attached hydrogen (secondary N) is 1. The first-order valence-electron chi connectivity index (χ1n) is 38.0. The second-order valence-corrected chi connectivity index (χ2v) is 29.8. The van der Waals surface area contributed by atoms with E-state index in [0.717, 1.165) is 28.4 Å². The Bertz CT molecular complexity index is 7080. The highest BCUT2D eigenvalue weighted by atomic mass is 15.1. The van der Waals surface area contributed by atoms with Crippen molar-refractivity contribution in [2.24, 2.45) is 0 Å². The predicted molar refractivity (Wildman–Crippen MR) is 461 cm³/mol. The third-order valence-electron chi connectivity index (χ3n) is 24.1. The fraction of sp³-hybridized carbons (Fsp3) is 0.0280. The molecule has 0 aliphatic heterocycles. The molecule has 24 rings (SSSR count). The lowest BCUT2D eigenvalue weighted by Crippen LogP contribution is -2.25. The zero-order valence-electron chi connectivity index (χ0n) is 60.1. The van der Waals surface area contributed by atoms with Gasteiger partial charge in [0.1, 0.15) is 0 Å². The van der Waals surface area contributed by atoms with Crippen LogP contribution in [0, 0.1) is 6.92 Å². The molecule has 0 saturated carbocycles. The fourth-order valence-electron chi connectivity index (χ4n) is 19.6. The molecule has 20 aromatic rings. The van der Waals surface area contributed by atoms with E-state index in [1.54, 1.807) is 0 Å². The summed E-state index contributed by atoms with van der Waals surface area (Å²) in [5.41, 5.74) is 28.1. The summed E-state index contributed by atoms with van der Waals surface area (Å²) in [7, 11) is 0. The van der Waals surface area contributed by atoms with E-state index < -0.39 is 0 Å². The number of nitrogens with zero attached hydrogens (tertiary/aromatic N) is 1. The maximum absolute atomic E-state index is 3.40. The second-order valence-electron chi connectivity index (χ2n) is 29.8.